The number of rotatable bonds is 6. The van der Waals surface area contributed by atoms with Crippen LogP contribution in [0.15, 0.2) is 41.7 Å². The molecule has 1 saturated heterocycles. The van der Waals surface area contributed by atoms with Gasteiger partial charge in [-0.1, -0.05) is 12.1 Å². The molecule has 8 heteroatoms. The second-order valence-corrected chi connectivity index (χ2v) is 6.59. The van der Waals surface area contributed by atoms with Crippen molar-refractivity contribution in [2.45, 2.75) is 19.4 Å². The maximum absolute atomic E-state index is 5.94. The largest absolute Gasteiger partial charge is 0.497 e. The van der Waals surface area contributed by atoms with E-state index < -0.39 is 0 Å². The monoisotopic (exact) mass is 499 g/mol. The van der Waals surface area contributed by atoms with Crippen molar-refractivity contribution in [1.82, 2.24) is 20.0 Å². The number of guanidine groups is 1. The number of aliphatic imine (C=N–C) groups is 1. The second kappa shape index (κ2) is 11.3. The maximum atomic E-state index is 5.94. The molecule has 0 spiro atoms. The Kier molecular flexibility index (Phi) is 9.04. The molecule has 0 radical (unpaired) electrons. The zero-order valence-electron chi connectivity index (χ0n) is 16.8. The maximum Gasteiger partial charge on any atom is 0.194 e. The quantitative estimate of drug-likeness (QED) is 0.376. The molecule has 28 heavy (non-hydrogen) atoms. The summed E-state index contributed by atoms with van der Waals surface area (Å²) < 4.78 is 13.0. The van der Waals surface area contributed by atoms with Gasteiger partial charge in [0.15, 0.2) is 5.96 Å². The van der Waals surface area contributed by atoms with Crippen LogP contribution < -0.4 is 10.1 Å². The van der Waals surface area contributed by atoms with Crippen LogP contribution in [-0.2, 0) is 18.2 Å². The summed E-state index contributed by atoms with van der Waals surface area (Å²) in [6.45, 7) is 5.95. The average molecular weight is 499 g/mol. The van der Waals surface area contributed by atoms with Gasteiger partial charge in [-0.25, -0.2) is 0 Å². The number of hydrogen-bond donors (Lipinski definition) is 1. The van der Waals surface area contributed by atoms with Crippen molar-refractivity contribution < 1.29 is 9.47 Å². The highest BCUT2D eigenvalue weighted by molar-refractivity contribution is 14.0. The minimum Gasteiger partial charge on any atom is -0.497 e. The standard InChI is InChI=1S/C20H29N5O2.HI/c1-4-21-20(22-9-8-16-6-5-7-18(12-16)26-3)25-10-11-27-19(15-25)17-13-23-24(2)14-17;/h5-7,12-14,19H,4,8-11,15H2,1-3H3,(H,21,22);1H. The Morgan fingerprint density at radius 2 is 2.29 bits per heavy atom. The number of ether oxygens (including phenoxy) is 2. The van der Waals surface area contributed by atoms with Crippen LogP contribution in [0.4, 0.5) is 0 Å². The first-order chi connectivity index (χ1) is 13.2. The Bertz CT molecular complexity index is 765. The molecule has 0 bridgehead atoms. The topological polar surface area (TPSA) is 63.9 Å². The second-order valence-electron chi connectivity index (χ2n) is 6.59. The zero-order chi connectivity index (χ0) is 19.1. The lowest BCUT2D eigenvalue weighted by molar-refractivity contribution is -0.00803. The van der Waals surface area contributed by atoms with Gasteiger partial charge in [-0.15, -0.1) is 24.0 Å². The van der Waals surface area contributed by atoms with E-state index in [-0.39, 0.29) is 30.1 Å². The van der Waals surface area contributed by atoms with E-state index in [1.165, 1.54) is 5.56 Å². The van der Waals surface area contributed by atoms with Crippen LogP contribution in [0.1, 0.15) is 24.2 Å². The van der Waals surface area contributed by atoms with Crippen molar-refractivity contribution >= 4 is 29.9 Å². The Balaban J connectivity index is 0.00000280. The summed E-state index contributed by atoms with van der Waals surface area (Å²) in [6.07, 6.45) is 4.79. The van der Waals surface area contributed by atoms with Gasteiger partial charge < -0.3 is 19.7 Å². The molecule has 2 heterocycles. The van der Waals surface area contributed by atoms with E-state index in [2.05, 4.69) is 34.4 Å². The Hall–Kier alpha value is -1.81. The molecular weight excluding hydrogens is 469 g/mol. The minimum atomic E-state index is 0. The number of aryl methyl sites for hydroxylation is 1. The fraction of sp³-hybridized carbons (Fsp3) is 0.500. The molecule has 1 aromatic heterocycles. The Morgan fingerprint density at radius 1 is 1.43 bits per heavy atom. The van der Waals surface area contributed by atoms with Gasteiger partial charge in [0.05, 0.1) is 26.5 Å². The fourth-order valence-corrected chi connectivity index (χ4v) is 3.19. The molecule has 0 saturated carbocycles. The van der Waals surface area contributed by atoms with Crippen LogP contribution in [0.2, 0.25) is 0 Å². The molecule has 1 aliphatic rings. The van der Waals surface area contributed by atoms with Crippen LogP contribution in [0, 0.1) is 0 Å². The normalized spacial score (nSPS) is 17.2. The lowest BCUT2D eigenvalue weighted by atomic mass is 10.1. The van der Waals surface area contributed by atoms with Crippen molar-refractivity contribution in [2.24, 2.45) is 12.0 Å². The van der Waals surface area contributed by atoms with Crippen molar-refractivity contribution in [3.8, 4) is 5.75 Å². The predicted molar refractivity (Wildman–Crippen MR) is 122 cm³/mol. The van der Waals surface area contributed by atoms with Gasteiger partial charge in [-0.05, 0) is 31.0 Å². The van der Waals surface area contributed by atoms with Crippen molar-refractivity contribution in [1.29, 1.82) is 0 Å². The number of aromatic nitrogens is 2. The Labute approximate surface area is 184 Å². The summed E-state index contributed by atoms with van der Waals surface area (Å²) in [7, 11) is 3.62. The first-order valence-electron chi connectivity index (χ1n) is 9.46. The van der Waals surface area contributed by atoms with Gasteiger partial charge in [-0.3, -0.25) is 9.67 Å². The number of hydrogen-bond acceptors (Lipinski definition) is 4. The molecule has 1 N–H and O–H groups in total. The number of nitrogens with one attached hydrogen (secondary N) is 1. The highest BCUT2D eigenvalue weighted by atomic mass is 127. The summed E-state index contributed by atoms with van der Waals surface area (Å²) in [4.78, 5) is 7.11. The summed E-state index contributed by atoms with van der Waals surface area (Å²) in [5.74, 6) is 1.83. The fourth-order valence-electron chi connectivity index (χ4n) is 3.19. The molecule has 1 atom stereocenters. The number of morpholine rings is 1. The van der Waals surface area contributed by atoms with Crippen LogP contribution >= 0.6 is 24.0 Å². The number of nitrogens with zero attached hydrogens (tertiary/aromatic N) is 4. The summed E-state index contributed by atoms with van der Waals surface area (Å²) in [6, 6.07) is 8.15. The number of halogens is 1. The Morgan fingerprint density at radius 3 is 3.00 bits per heavy atom. The molecule has 0 amide bonds. The SMILES string of the molecule is CCNC(=NCCc1cccc(OC)c1)N1CCOC(c2cnn(C)c2)C1.I. The summed E-state index contributed by atoms with van der Waals surface area (Å²) >= 11 is 0. The molecule has 7 nitrogen and oxygen atoms in total. The third kappa shape index (κ3) is 6.10. The molecule has 1 aliphatic heterocycles. The zero-order valence-corrected chi connectivity index (χ0v) is 19.1. The third-order valence-corrected chi connectivity index (χ3v) is 4.59. The van der Waals surface area contributed by atoms with Crippen molar-refractivity contribution in [3.05, 3.63) is 47.8 Å². The van der Waals surface area contributed by atoms with Gasteiger partial charge in [-0.2, -0.15) is 5.10 Å². The van der Waals surface area contributed by atoms with E-state index in [9.17, 15) is 0 Å². The smallest absolute Gasteiger partial charge is 0.194 e. The molecular formula is C20H30IN5O2. The van der Waals surface area contributed by atoms with E-state index in [1.54, 1.807) is 7.11 Å². The van der Waals surface area contributed by atoms with Gasteiger partial charge >= 0.3 is 0 Å². The molecule has 3 rings (SSSR count). The number of methoxy groups -OCH3 is 1. The summed E-state index contributed by atoms with van der Waals surface area (Å²) in [5, 5.41) is 7.67. The van der Waals surface area contributed by atoms with Gasteiger partial charge in [0.2, 0.25) is 0 Å². The van der Waals surface area contributed by atoms with E-state index in [4.69, 9.17) is 14.5 Å². The van der Waals surface area contributed by atoms with E-state index in [0.29, 0.717) is 6.61 Å². The molecule has 154 valence electrons. The lowest BCUT2D eigenvalue weighted by Gasteiger charge is -2.34. The van der Waals surface area contributed by atoms with E-state index in [0.717, 1.165) is 49.9 Å². The van der Waals surface area contributed by atoms with Gasteiger partial charge in [0.1, 0.15) is 11.9 Å². The van der Waals surface area contributed by atoms with Crippen LogP contribution in [0.25, 0.3) is 0 Å². The van der Waals surface area contributed by atoms with Gasteiger partial charge in [0, 0.05) is 38.4 Å². The van der Waals surface area contributed by atoms with E-state index >= 15 is 0 Å². The third-order valence-electron chi connectivity index (χ3n) is 4.59. The van der Waals surface area contributed by atoms with Crippen LogP contribution in [0.3, 0.4) is 0 Å². The molecule has 0 aliphatic carbocycles. The first kappa shape index (κ1) is 22.5. The molecule has 1 aromatic carbocycles. The molecule has 1 fully saturated rings. The van der Waals surface area contributed by atoms with Gasteiger partial charge in [0.25, 0.3) is 0 Å². The highest BCUT2D eigenvalue weighted by Gasteiger charge is 2.25. The lowest BCUT2D eigenvalue weighted by Crippen LogP contribution is -2.48. The molecule has 2 aromatic rings. The predicted octanol–water partition coefficient (Wildman–Crippen LogP) is 2.63. The average Bonchev–Trinajstić information content (AvgIpc) is 3.14. The molecule has 1 unspecified atom stereocenters. The van der Waals surface area contributed by atoms with Crippen molar-refractivity contribution in [3.63, 3.8) is 0 Å². The van der Waals surface area contributed by atoms with Crippen LogP contribution in [-0.4, -0.2) is 60.5 Å². The first-order valence-corrected chi connectivity index (χ1v) is 9.46. The highest BCUT2D eigenvalue weighted by Crippen LogP contribution is 2.21. The van der Waals surface area contributed by atoms with E-state index in [1.807, 2.05) is 36.3 Å². The summed E-state index contributed by atoms with van der Waals surface area (Å²) in [5.41, 5.74) is 2.33. The number of benzene rings is 1. The van der Waals surface area contributed by atoms with Crippen LogP contribution in [0.5, 0.6) is 5.75 Å². The van der Waals surface area contributed by atoms with Crippen molar-refractivity contribution in [2.75, 3.05) is 39.9 Å². The minimum absolute atomic E-state index is 0.